The second kappa shape index (κ2) is 11.6. The molecular weight excluding hydrogens is 441 g/mol. The van der Waals surface area contributed by atoms with E-state index in [0.717, 1.165) is 29.4 Å². The van der Waals surface area contributed by atoms with Crippen molar-refractivity contribution in [2.24, 2.45) is 4.99 Å². The SMILES string of the molecule is CCNC(=NCc1cccc(O)c1)NCc1ccc(C)cc1OCC.I. The molecule has 0 spiro atoms. The number of hydrogen-bond donors (Lipinski definition) is 3. The van der Waals surface area contributed by atoms with E-state index in [1.807, 2.05) is 26.0 Å². The van der Waals surface area contributed by atoms with Gasteiger partial charge in [0.1, 0.15) is 11.5 Å². The van der Waals surface area contributed by atoms with Crippen molar-refractivity contribution in [2.45, 2.75) is 33.9 Å². The van der Waals surface area contributed by atoms with Crippen LogP contribution in [0.3, 0.4) is 0 Å². The lowest BCUT2D eigenvalue weighted by Crippen LogP contribution is -2.36. The van der Waals surface area contributed by atoms with Gasteiger partial charge in [0.2, 0.25) is 0 Å². The zero-order valence-electron chi connectivity index (χ0n) is 15.6. The predicted molar refractivity (Wildman–Crippen MR) is 118 cm³/mol. The molecule has 0 radical (unpaired) electrons. The van der Waals surface area contributed by atoms with Gasteiger partial charge < -0.3 is 20.5 Å². The standard InChI is InChI=1S/C20H27N3O2.HI/c1-4-21-20(22-13-16-7-6-8-18(24)12-16)23-14-17-10-9-15(3)11-19(17)25-5-2;/h6-12,24H,4-5,13-14H2,1-3H3,(H2,21,22,23);1H. The summed E-state index contributed by atoms with van der Waals surface area (Å²) in [5.41, 5.74) is 3.23. The van der Waals surface area contributed by atoms with Crippen LogP contribution in [-0.2, 0) is 13.1 Å². The first-order valence-corrected chi connectivity index (χ1v) is 8.64. The summed E-state index contributed by atoms with van der Waals surface area (Å²) in [5, 5.41) is 16.1. The molecule has 0 aromatic heterocycles. The highest BCUT2D eigenvalue weighted by molar-refractivity contribution is 14.0. The first kappa shape index (κ1) is 22.1. The molecule has 0 amide bonds. The van der Waals surface area contributed by atoms with Crippen LogP contribution in [0.25, 0.3) is 0 Å². The summed E-state index contributed by atoms with van der Waals surface area (Å²) in [6.07, 6.45) is 0. The molecule has 2 aromatic rings. The Morgan fingerprint density at radius 1 is 1.12 bits per heavy atom. The van der Waals surface area contributed by atoms with E-state index in [4.69, 9.17) is 4.74 Å². The van der Waals surface area contributed by atoms with Gasteiger partial charge in [-0.3, -0.25) is 0 Å². The third kappa shape index (κ3) is 7.11. The Balaban J connectivity index is 0.00000338. The van der Waals surface area contributed by atoms with Crippen molar-refractivity contribution in [1.29, 1.82) is 0 Å². The van der Waals surface area contributed by atoms with Crippen molar-refractivity contribution in [3.63, 3.8) is 0 Å². The lowest BCUT2D eigenvalue weighted by atomic mass is 10.1. The quantitative estimate of drug-likeness (QED) is 0.326. The minimum atomic E-state index is 0. The normalized spacial score (nSPS) is 10.8. The van der Waals surface area contributed by atoms with Gasteiger partial charge in [-0.05, 0) is 50.1 Å². The maximum atomic E-state index is 9.54. The Hall–Kier alpha value is -1.96. The molecule has 5 nitrogen and oxygen atoms in total. The molecule has 26 heavy (non-hydrogen) atoms. The molecule has 6 heteroatoms. The van der Waals surface area contributed by atoms with Crippen molar-refractivity contribution in [2.75, 3.05) is 13.2 Å². The van der Waals surface area contributed by atoms with Crippen LogP contribution in [-0.4, -0.2) is 24.2 Å². The summed E-state index contributed by atoms with van der Waals surface area (Å²) in [5.74, 6) is 1.89. The number of aromatic hydroxyl groups is 1. The van der Waals surface area contributed by atoms with Gasteiger partial charge in [0.25, 0.3) is 0 Å². The fourth-order valence-electron chi connectivity index (χ4n) is 2.44. The van der Waals surface area contributed by atoms with Crippen molar-refractivity contribution >= 4 is 29.9 Å². The van der Waals surface area contributed by atoms with Crippen LogP contribution in [0.15, 0.2) is 47.5 Å². The largest absolute Gasteiger partial charge is 0.508 e. The Kier molecular flexibility index (Phi) is 9.87. The van der Waals surface area contributed by atoms with E-state index in [0.29, 0.717) is 19.7 Å². The number of aryl methyl sites for hydroxylation is 1. The van der Waals surface area contributed by atoms with E-state index in [1.54, 1.807) is 12.1 Å². The minimum Gasteiger partial charge on any atom is -0.508 e. The zero-order valence-corrected chi connectivity index (χ0v) is 17.9. The zero-order chi connectivity index (χ0) is 18.1. The Morgan fingerprint density at radius 2 is 1.92 bits per heavy atom. The molecular formula is C20H28IN3O2. The van der Waals surface area contributed by atoms with Gasteiger partial charge in [-0.25, -0.2) is 4.99 Å². The van der Waals surface area contributed by atoms with Gasteiger partial charge in [0.05, 0.1) is 13.2 Å². The van der Waals surface area contributed by atoms with Crippen molar-refractivity contribution in [3.05, 3.63) is 59.2 Å². The Morgan fingerprint density at radius 3 is 2.62 bits per heavy atom. The van der Waals surface area contributed by atoms with E-state index in [1.165, 1.54) is 5.56 Å². The number of halogens is 1. The average molecular weight is 469 g/mol. The van der Waals surface area contributed by atoms with Crippen LogP contribution in [0.2, 0.25) is 0 Å². The molecule has 0 aliphatic rings. The number of nitrogens with zero attached hydrogens (tertiary/aromatic N) is 1. The van der Waals surface area contributed by atoms with E-state index >= 15 is 0 Å². The molecule has 2 rings (SSSR count). The molecule has 0 heterocycles. The second-order valence-electron chi connectivity index (χ2n) is 5.76. The van der Waals surface area contributed by atoms with Crippen LogP contribution in [0.5, 0.6) is 11.5 Å². The average Bonchev–Trinajstić information content (AvgIpc) is 2.59. The highest BCUT2D eigenvalue weighted by Crippen LogP contribution is 2.20. The maximum Gasteiger partial charge on any atom is 0.191 e. The van der Waals surface area contributed by atoms with Gasteiger partial charge in [-0.15, -0.1) is 24.0 Å². The van der Waals surface area contributed by atoms with Crippen LogP contribution in [0, 0.1) is 6.92 Å². The van der Waals surface area contributed by atoms with Crippen LogP contribution >= 0.6 is 24.0 Å². The highest BCUT2D eigenvalue weighted by atomic mass is 127. The van der Waals surface area contributed by atoms with Crippen LogP contribution in [0.1, 0.15) is 30.5 Å². The maximum absolute atomic E-state index is 9.54. The molecule has 0 saturated heterocycles. The first-order valence-electron chi connectivity index (χ1n) is 8.64. The molecule has 3 N–H and O–H groups in total. The van der Waals surface area contributed by atoms with Gasteiger partial charge in [-0.1, -0.05) is 24.3 Å². The van der Waals surface area contributed by atoms with Crippen LogP contribution in [0.4, 0.5) is 0 Å². The highest BCUT2D eigenvalue weighted by Gasteiger charge is 2.05. The number of guanidine groups is 1. The molecule has 0 saturated carbocycles. The molecule has 0 aliphatic carbocycles. The fourth-order valence-corrected chi connectivity index (χ4v) is 2.44. The topological polar surface area (TPSA) is 65.9 Å². The molecule has 2 aromatic carbocycles. The summed E-state index contributed by atoms with van der Waals surface area (Å²) < 4.78 is 5.72. The molecule has 0 unspecified atom stereocenters. The lowest BCUT2D eigenvalue weighted by molar-refractivity contribution is 0.336. The third-order valence-corrected chi connectivity index (χ3v) is 3.64. The fraction of sp³-hybridized carbons (Fsp3) is 0.350. The number of hydrogen-bond acceptors (Lipinski definition) is 3. The van der Waals surface area contributed by atoms with E-state index in [-0.39, 0.29) is 29.7 Å². The monoisotopic (exact) mass is 469 g/mol. The minimum absolute atomic E-state index is 0. The number of aliphatic imine (C=N–C) groups is 1. The first-order chi connectivity index (χ1) is 12.1. The number of phenolic OH excluding ortho intramolecular Hbond substituents is 1. The smallest absolute Gasteiger partial charge is 0.191 e. The number of ether oxygens (including phenoxy) is 1. The number of benzene rings is 2. The van der Waals surface area contributed by atoms with Crippen molar-refractivity contribution < 1.29 is 9.84 Å². The number of nitrogens with one attached hydrogen (secondary N) is 2. The van der Waals surface area contributed by atoms with Gasteiger partial charge in [0.15, 0.2) is 5.96 Å². The summed E-state index contributed by atoms with van der Waals surface area (Å²) >= 11 is 0. The molecule has 0 fully saturated rings. The number of phenols is 1. The molecule has 0 atom stereocenters. The van der Waals surface area contributed by atoms with Crippen molar-refractivity contribution in [3.8, 4) is 11.5 Å². The molecule has 0 bridgehead atoms. The van der Waals surface area contributed by atoms with E-state index in [2.05, 4.69) is 40.7 Å². The van der Waals surface area contributed by atoms with Crippen molar-refractivity contribution in [1.82, 2.24) is 10.6 Å². The summed E-state index contributed by atoms with van der Waals surface area (Å²) in [7, 11) is 0. The summed E-state index contributed by atoms with van der Waals surface area (Å²) in [6, 6.07) is 13.4. The number of rotatable bonds is 7. The van der Waals surface area contributed by atoms with E-state index in [9.17, 15) is 5.11 Å². The Labute approximate surface area is 172 Å². The summed E-state index contributed by atoms with van der Waals surface area (Å²) in [6.45, 7) is 8.61. The van der Waals surface area contributed by atoms with E-state index < -0.39 is 0 Å². The Bertz CT molecular complexity index is 720. The van der Waals surface area contributed by atoms with Gasteiger partial charge in [0, 0.05) is 18.7 Å². The van der Waals surface area contributed by atoms with Crippen LogP contribution < -0.4 is 15.4 Å². The lowest BCUT2D eigenvalue weighted by Gasteiger charge is -2.15. The predicted octanol–water partition coefficient (Wildman–Crippen LogP) is 3.97. The summed E-state index contributed by atoms with van der Waals surface area (Å²) in [4.78, 5) is 4.58. The molecule has 0 aliphatic heterocycles. The van der Waals surface area contributed by atoms with Gasteiger partial charge >= 0.3 is 0 Å². The third-order valence-electron chi connectivity index (χ3n) is 3.64. The van der Waals surface area contributed by atoms with Gasteiger partial charge in [-0.2, -0.15) is 0 Å². The molecule has 142 valence electrons. The second-order valence-corrected chi connectivity index (χ2v) is 5.76.